The van der Waals surface area contributed by atoms with Crippen molar-refractivity contribution in [3.8, 4) is 0 Å². The number of rotatable bonds is 6. The minimum absolute atomic E-state index is 0.247. The van der Waals surface area contributed by atoms with Crippen LogP contribution in [0.4, 0.5) is 0 Å². The van der Waals surface area contributed by atoms with Crippen molar-refractivity contribution in [3.63, 3.8) is 0 Å². The summed E-state index contributed by atoms with van der Waals surface area (Å²) in [6, 6.07) is 0. The number of nitrogens with one attached hydrogen (secondary N) is 1. The number of aromatic nitrogens is 2. The molecule has 0 atom stereocenters. The number of aliphatic carboxylic acids is 1. The summed E-state index contributed by atoms with van der Waals surface area (Å²) in [5, 5.41) is 8.88. The van der Waals surface area contributed by atoms with E-state index in [9.17, 15) is 13.2 Å². The van der Waals surface area contributed by atoms with Gasteiger partial charge in [0.25, 0.3) is 10.2 Å². The van der Waals surface area contributed by atoms with Gasteiger partial charge in [0.15, 0.2) is 0 Å². The zero-order chi connectivity index (χ0) is 14.6. The first-order valence-electron chi connectivity index (χ1n) is 6.42. The fraction of sp³-hybridized carbons (Fsp3) is 0.636. The van der Waals surface area contributed by atoms with Crippen LogP contribution in [0.5, 0.6) is 0 Å². The molecule has 112 valence electrons. The number of carboxylic acids is 1. The predicted octanol–water partition coefficient (Wildman–Crippen LogP) is -0.486. The molecule has 1 fully saturated rings. The highest BCUT2D eigenvalue weighted by Crippen LogP contribution is 2.18. The monoisotopic (exact) mass is 302 g/mol. The highest BCUT2D eigenvalue weighted by molar-refractivity contribution is 7.87. The molecule has 8 nitrogen and oxygen atoms in total. The van der Waals surface area contributed by atoms with Gasteiger partial charge >= 0.3 is 5.97 Å². The quantitative estimate of drug-likeness (QED) is 0.738. The van der Waals surface area contributed by atoms with E-state index in [1.807, 2.05) is 0 Å². The fourth-order valence-corrected chi connectivity index (χ4v) is 3.38. The summed E-state index contributed by atoms with van der Waals surface area (Å²) in [5.74, 6) is -1.29. The van der Waals surface area contributed by atoms with E-state index >= 15 is 0 Å². The van der Waals surface area contributed by atoms with Crippen LogP contribution in [0, 0.1) is 5.92 Å². The number of piperidine rings is 1. The summed E-state index contributed by atoms with van der Waals surface area (Å²) in [6.07, 6.45) is 5.72. The van der Waals surface area contributed by atoms with E-state index in [0.717, 1.165) is 0 Å². The number of imidazole rings is 1. The zero-order valence-corrected chi connectivity index (χ0v) is 11.8. The van der Waals surface area contributed by atoms with Crippen LogP contribution in [-0.4, -0.2) is 53.0 Å². The van der Waals surface area contributed by atoms with Crippen LogP contribution in [-0.2, 0) is 21.5 Å². The first-order chi connectivity index (χ1) is 9.49. The Balaban J connectivity index is 1.80. The van der Waals surface area contributed by atoms with Crippen molar-refractivity contribution in [3.05, 3.63) is 18.7 Å². The highest BCUT2D eigenvalue weighted by Gasteiger charge is 2.30. The van der Waals surface area contributed by atoms with Crippen molar-refractivity contribution in [1.29, 1.82) is 0 Å². The molecule has 1 aliphatic rings. The van der Waals surface area contributed by atoms with Crippen LogP contribution < -0.4 is 4.72 Å². The summed E-state index contributed by atoms with van der Waals surface area (Å²) in [7, 11) is -3.53. The molecule has 0 aliphatic carbocycles. The molecule has 0 aromatic carbocycles. The maximum absolute atomic E-state index is 12.0. The Labute approximate surface area is 117 Å². The van der Waals surface area contributed by atoms with E-state index in [2.05, 4.69) is 9.71 Å². The van der Waals surface area contributed by atoms with Gasteiger partial charge in [0, 0.05) is 38.6 Å². The molecule has 2 heterocycles. The van der Waals surface area contributed by atoms with Crippen molar-refractivity contribution in [1.82, 2.24) is 18.6 Å². The predicted molar refractivity (Wildman–Crippen MR) is 71.1 cm³/mol. The lowest BCUT2D eigenvalue weighted by atomic mass is 9.99. The number of nitrogens with zero attached hydrogens (tertiary/aromatic N) is 3. The molecule has 0 bridgehead atoms. The van der Waals surface area contributed by atoms with Gasteiger partial charge in [-0.3, -0.25) is 4.79 Å². The number of hydrogen-bond acceptors (Lipinski definition) is 4. The minimum atomic E-state index is -3.53. The largest absolute Gasteiger partial charge is 0.481 e. The van der Waals surface area contributed by atoms with Gasteiger partial charge < -0.3 is 9.67 Å². The van der Waals surface area contributed by atoms with E-state index in [-0.39, 0.29) is 19.6 Å². The molecule has 0 spiro atoms. The molecule has 0 radical (unpaired) electrons. The minimum Gasteiger partial charge on any atom is -0.481 e. The summed E-state index contributed by atoms with van der Waals surface area (Å²) >= 11 is 0. The lowest BCUT2D eigenvalue weighted by molar-refractivity contribution is -0.142. The van der Waals surface area contributed by atoms with Gasteiger partial charge in [-0.2, -0.15) is 12.7 Å². The molecule has 2 rings (SSSR count). The molecule has 9 heteroatoms. The summed E-state index contributed by atoms with van der Waals surface area (Å²) < 4.78 is 29.7. The van der Waals surface area contributed by atoms with Crippen LogP contribution in [0.1, 0.15) is 12.8 Å². The second-order valence-electron chi connectivity index (χ2n) is 4.71. The SMILES string of the molecule is O=C(O)C1CCN(S(=O)(=O)NCCn2ccnc2)CC1. The highest BCUT2D eigenvalue weighted by atomic mass is 32.2. The van der Waals surface area contributed by atoms with Gasteiger partial charge in [-0.1, -0.05) is 0 Å². The molecule has 1 aromatic heterocycles. The third-order valence-electron chi connectivity index (χ3n) is 3.36. The molecule has 1 aromatic rings. The molecule has 0 amide bonds. The summed E-state index contributed by atoms with van der Waals surface area (Å²) in [6.45, 7) is 1.27. The van der Waals surface area contributed by atoms with Gasteiger partial charge in [0.2, 0.25) is 0 Å². The molecule has 0 saturated carbocycles. The van der Waals surface area contributed by atoms with Crippen molar-refractivity contribution >= 4 is 16.2 Å². The molecular weight excluding hydrogens is 284 g/mol. The van der Waals surface area contributed by atoms with Crippen molar-refractivity contribution in [2.75, 3.05) is 19.6 Å². The van der Waals surface area contributed by atoms with Crippen LogP contribution in [0.25, 0.3) is 0 Å². The van der Waals surface area contributed by atoms with E-state index < -0.39 is 22.1 Å². The van der Waals surface area contributed by atoms with E-state index in [1.165, 1.54) is 4.31 Å². The van der Waals surface area contributed by atoms with Crippen LogP contribution in [0.2, 0.25) is 0 Å². The van der Waals surface area contributed by atoms with Crippen molar-refractivity contribution in [2.24, 2.45) is 5.92 Å². The number of hydrogen-bond donors (Lipinski definition) is 2. The standard InChI is InChI=1S/C11H18N4O4S/c16-11(17)10-1-5-15(6-2-10)20(18,19)13-4-8-14-7-3-12-9-14/h3,7,9-10,13H,1-2,4-6,8H2,(H,16,17). The van der Waals surface area contributed by atoms with Gasteiger partial charge in [-0.15, -0.1) is 0 Å². The Bertz CT molecular complexity index is 535. The van der Waals surface area contributed by atoms with E-state index in [0.29, 0.717) is 19.4 Å². The Kier molecular flexibility index (Phi) is 4.73. The van der Waals surface area contributed by atoms with Gasteiger partial charge in [0.05, 0.1) is 12.2 Å². The van der Waals surface area contributed by atoms with Gasteiger partial charge in [-0.05, 0) is 12.8 Å². The van der Waals surface area contributed by atoms with Crippen LogP contribution in [0.15, 0.2) is 18.7 Å². The maximum atomic E-state index is 12.0. The lowest BCUT2D eigenvalue weighted by Gasteiger charge is -2.29. The third kappa shape index (κ3) is 3.78. The van der Waals surface area contributed by atoms with Crippen LogP contribution >= 0.6 is 0 Å². The third-order valence-corrected chi connectivity index (χ3v) is 4.97. The van der Waals surface area contributed by atoms with E-state index in [4.69, 9.17) is 5.11 Å². The fourth-order valence-electron chi connectivity index (χ4n) is 2.16. The molecule has 2 N–H and O–H groups in total. The Hall–Kier alpha value is -1.45. The second kappa shape index (κ2) is 6.33. The lowest BCUT2D eigenvalue weighted by Crippen LogP contribution is -2.46. The second-order valence-corrected chi connectivity index (χ2v) is 6.47. The average molecular weight is 302 g/mol. The molecule has 0 unspecified atom stereocenters. The smallest absolute Gasteiger partial charge is 0.306 e. The molecule has 1 saturated heterocycles. The topological polar surface area (TPSA) is 105 Å². The Morgan fingerprint density at radius 2 is 2.10 bits per heavy atom. The zero-order valence-electron chi connectivity index (χ0n) is 11.0. The van der Waals surface area contributed by atoms with Crippen molar-refractivity contribution < 1.29 is 18.3 Å². The average Bonchev–Trinajstić information content (AvgIpc) is 2.92. The van der Waals surface area contributed by atoms with Gasteiger partial charge in [0.1, 0.15) is 0 Å². The summed E-state index contributed by atoms with van der Waals surface area (Å²) in [5.41, 5.74) is 0. The molecule has 1 aliphatic heterocycles. The maximum Gasteiger partial charge on any atom is 0.306 e. The molecule has 20 heavy (non-hydrogen) atoms. The number of carboxylic acid groups (broad SMARTS) is 1. The number of carbonyl (C=O) groups is 1. The molecular formula is C11H18N4O4S. The first kappa shape index (κ1) is 14.9. The Morgan fingerprint density at radius 1 is 1.40 bits per heavy atom. The summed E-state index contributed by atoms with van der Waals surface area (Å²) in [4.78, 5) is 14.7. The van der Waals surface area contributed by atoms with Gasteiger partial charge in [-0.25, -0.2) is 9.71 Å². The first-order valence-corrected chi connectivity index (χ1v) is 7.86. The Morgan fingerprint density at radius 3 is 2.65 bits per heavy atom. The van der Waals surface area contributed by atoms with E-state index in [1.54, 1.807) is 23.3 Å². The van der Waals surface area contributed by atoms with Crippen molar-refractivity contribution in [2.45, 2.75) is 19.4 Å². The van der Waals surface area contributed by atoms with Crippen LogP contribution in [0.3, 0.4) is 0 Å². The normalized spacial score (nSPS) is 18.2.